The zero-order valence-electron chi connectivity index (χ0n) is 10.00. The van der Waals surface area contributed by atoms with Crippen molar-refractivity contribution in [1.29, 1.82) is 0 Å². The molecule has 3 nitrogen and oxygen atoms in total. The van der Waals surface area contributed by atoms with Crippen molar-refractivity contribution in [2.24, 2.45) is 0 Å². The fraction of sp³-hybridized carbons (Fsp3) is 0.500. The Balaban J connectivity index is 2.65. The number of ether oxygens (including phenoxy) is 1. The topological polar surface area (TPSA) is 41.5 Å². The third-order valence-electron chi connectivity index (χ3n) is 2.40. The van der Waals surface area contributed by atoms with E-state index in [1.807, 2.05) is 6.92 Å². The molecule has 1 atom stereocenters. The van der Waals surface area contributed by atoms with Crippen LogP contribution < -0.4 is 10.1 Å². The smallest absolute Gasteiger partial charge is 0.405 e. The Hall–Kier alpha value is -1.27. The predicted molar refractivity (Wildman–Crippen MR) is 61.1 cm³/mol. The fourth-order valence-corrected chi connectivity index (χ4v) is 1.45. The molecule has 0 heterocycles. The first-order chi connectivity index (χ1) is 8.42. The second-order valence-electron chi connectivity index (χ2n) is 3.95. The highest BCUT2D eigenvalue weighted by Crippen LogP contribution is 2.26. The number of aliphatic hydroxyl groups excluding tert-OH is 1. The maximum absolute atomic E-state index is 12.2. The van der Waals surface area contributed by atoms with Gasteiger partial charge in [-0.05, 0) is 19.4 Å². The Morgan fingerprint density at radius 1 is 1.33 bits per heavy atom. The fourth-order valence-electron chi connectivity index (χ4n) is 1.45. The first kappa shape index (κ1) is 14.8. The van der Waals surface area contributed by atoms with E-state index in [-0.39, 0.29) is 24.9 Å². The van der Waals surface area contributed by atoms with Gasteiger partial charge in [-0.15, -0.1) is 13.2 Å². The number of rotatable bonds is 6. The summed E-state index contributed by atoms with van der Waals surface area (Å²) < 4.78 is 40.4. The Kier molecular flexibility index (Phi) is 5.43. The van der Waals surface area contributed by atoms with E-state index in [2.05, 4.69) is 10.1 Å². The van der Waals surface area contributed by atoms with Gasteiger partial charge in [0.1, 0.15) is 5.75 Å². The number of alkyl halides is 3. The van der Waals surface area contributed by atoms with Crippen LogP contribution in [-0.4, -0.2) is 24.1 Å². The quantitative estimate of drug-likeness (QED) is 0.828. The molecule has 1 aromatic rings. The summed E-state index contributed by atoms with van der Waals surface area (Å²) in [6.45, 7) is 2.14. The van der Waals surface area contributed by atoms with Gasteiger partial charge < -0.3 is 15.2 Å². The lowest BCUT2D eigenvalue weighted by Gasteiger charge is -2.16. The van der Waals surface area contributed by atoms with Gasteiger partial charge in [-0.3, -0.25) is 0 Å². The van der Waals surface area contributed by atoms with Crippen molar-refractivity contribution in [3.8, 4) is 5.75 Å². The van der Waals surface area contributed by atoms with Crippen molar-refractivity contribution in [2.45, 2.75) is 32.3 Å². The summed E-state index contributed by atoms with van der Waals surface area (Å²) in [4.78, 5) is 0. The molecule has 0 fully saturated rings. The number of aliphatic hydroxyl groups is 1. The van der Waals surface area contributed by atoms with Gasteiger partial charge in [0.25, 0.3) is 0 Å². The van der Waals surface area contributed by atoms with Crippen LogP contribution in [0.4, 0.5) is 13.2 Å². The molecule has 0 aliphatic rings. The molecule has 0 saturated carbocycles. The molecule has 0 aromatic heterocycles. The van der Waals surface area contributed by atoms with Crippen molar-refractivity contribution in [3.63, 3.8) is 0 Å². The summed E-state index contributed by atoms with van der Waals surface area (Å²) in [6, 6.07) is 6.01. The van der Waals surface area contributed by atoms with E-state index in [0.717, 1.165) is 0 Å². The molecular formula is C12H16F3NO2. The number of benzene rings is 1. The van der Waals surface area contributed by atoms with Crippen LogP contribution in [0.2, 0.25) is 0 Å². The van der Waals surface area contributed by atoms with Gasteiger partial charge >= 0.3 is 6.36 Å². The highest BCUT2D eigenvalue weighted by Gasteiger charge is 2.31. The summed E-state index contributed by atoms with van der Waals surface area (Å²) in [6.07, 6.45) is -4.14. The highest BCUT2D eigenvalue weighted by atomic mass is 19.4. The second-order valence-corrected chi connectivity index (χ2v) is 3.95. The van der Waals surface area contributed by atoms with Gasteiger partial charge in [-0.25, -0.2) is 0 Å². The minimum absolute atomic E-state index is 0.0222. The van der Waals surface area contributed by atoms with E-state index >= 15 is 0 Å². The van der Waals surface area contributed by atoms with Crippen LogP contribution in [0.3, 0.4) is 0 Å². The average Bonchev–Trinajstić information content (AvgIpc) is 2.26. The number of hydrogen-bond donors (Lipinski definition) is 2. The van der Waals surface area contributed by atoms with Crippen molar-refractivity contribution in [1.82, 2.24) is 5.32 Å². The molecule has 2 N–H and O–H groups in total. The molecule has 18 heavy (non-hydrogen) atoms. The number of hydrogen-bond acceptors (Lipinski definition) is 3. The first-order valence-corrected chi connectivity index (χ1v) is 5.60. The van der Waals surface area contributed by atoms with Crippen LogP contribution in [0, 0.1) is 0 Å². The molecule has 6 heteroatoms. The normalized spacial score (nSPS) is 13.4. The maximum atomic E-state index is 12.2. The van der Waals surface area contributed by atoms with Crippen LogP contribution in [0.1, 0.15) is 18.9 Å². The maximum Gasteiger partial charge on any atom is 0.573 e. The molecule has 102 valence electrons. The zero-order valence-corrected chi connectivity index (χ0v) is 10.00. The molecule has 0 radical (unpaired) electrons. The lowest BCUT2D eigenvalue weighted by Crippen LogP contribution is -2.27. The summed E-state index contributed by atoms with van der Waals surface area (Å²) in [7, 11) is 0. The molecule has 0 saturated heterocycles. The molecule has 1 unspecified atom stereocenters. The Morgan fingerprint density at radius 3 is 2.61 bits per heavy atom. The third-order valence-corrected chi connectivity index (χ3v) is 2.40. The number of halogens is 3. The molecule has 0 bridgehead atoms. The van der Waals surface area contributed by atoms with E-state index in [0.29, 0.717) is 12.0 Å². The Labute approximate surface area is 104 Å². The van der Waals surface area contributed by atoms with E-state index < -0.39 is 6.36 Å². The largest absolute Gasteiger partial charge is 0.573 e. The average molecular weight is 263 g/mol. The second kappa shape index (κ2) is 6.61. The summed E-state index contributed by atoms with van der Waals surface area (Å²) in [5, 5.41) is 11.7. The van der Waals surface area contributed by atoms with E-state index in [4.69, 9.17) is 5.11 Å². The minimum atomic E-state index is -4.69. The van der Waals surface area contributed by atoms with Crippen LogP contribution in [-0.2, 0) is 6.54 Å². The molecule has 1 aromatic carbocycles. The van der Waals surface area contributed by atoms with Gasteiger partial charge in [-0.2, -0.15) is 0 Å². The monoisotopic (exact) mass is 263 g/mol. The molecular weight excluding hydrogens is 247 g/mol. The summed E-state index contributed by atoms with van der Waals surface area (Å²) in [5.41, 5.74) is 0.430. The SMILES string of the molecule is CC(CCO)NCc1ccccc1OC(F)(F)F. The van der Waals surface area contributed by atoms with Crippen LogP contribution >= 0.6 is 0 Å². The predicted octanol–water partition coefficient (Wildman–Crippen LogP) is 2.45. The van der Waals surface area contributed by atoms with Crippen molar-refractivity contribution < 1.29 is 23.0 Å². The van der Waals surface area contributed by atoms with Gasteiger partial charge in [0.15, 0.2) is 0 Å². The molecule has 0 aliphatic carbocycles. The van der Waals surface area contributed by atoms with Gasteiger partial charge in [-0.1, -0.05) is 18.2 Å². The van der Waals surface area contributed by atoms with Crippen LogP contribution in [0.5, 0.6) is 5.75 Å². The third kappa shape index (κ3) is 5.37. The zero-order chi connectivity index (χ0) is 13.6. The van der Waals surface area contributed by atoms with Gasteiger partial charge in [0.2, 0.25) is 0 Å². The van der Waals surface area contributed by atoms with Crippen molar-refractivity contribution in [2.75, 3.05) is 6.61 Å². The lowest BCUT2D eigenvalue weighted by molar-refractivity contribution is -0.274. The van der Waals surface area contributed by atoms with Gasteiger partial charge in [0, 0.05) is 24.8 Å². The number of para-hydroxylation sites is 1. The summed E-state index contributed by atoms with van der Waals surface area (Å²) >= 11 is 0. The van der Waals surface area contributed by atoms with Gasteiger partial charge in [0.05, 0.1) is 0 Å². The highest BCUT2D eigenvalue weighted by molar-refractivity contribution is 5.33. The van der Waals surface area contributed by atoms with Crippen LogP contribution in [0.15, 0.2) is 24.3 Å². The first-order valence-electron chi connectivity index (χ1n) is 5.60. The van der Waals surface area contributed by atoms with Crippen molar-refractivity contribution >= 4 is 0 Å². The minimum Gasteiger partial charge on any atom is -0.405 e. The van der Waals surface area contributed by atoms with Crippen LogP contribution in [0.25, 0.3) is 0 Å². The lowest BCUT2D eigenvalue weighted by atomic mass is 10.1. The molecule has 1 rings (SSSR count). The van der Waals surface area contributed by atoms with E-state index in [1.165, 1.54) is 12.1 Å². The Morgan fingerprint density at radius 2 is 2.00 bits per heavy atom. The van der Waals surface area contributed by atoms with E-state index in [1.54, 1.807) is 12.1 Å². The molecule has 0 amide bonds. The summed E-state index contributed by atoms with van der Waals surface area (Å²) in [5.74, 6) is -0.200. The number of nitrogens with one attached hydrogen (secondary N) is 1. The molecule has 0 spiro atoms. The van der Waals surface area contributed by atoms with Crippen molar-refractivity contribution in [3.05, 3.63) is 29.8 Å². The van der Waals surface area contributed by atoms with E-state index in [9.17, 15) is 13.2 Å². The standard InChI is InChI=1S/C12H16F3NO2/c1-9(6-7-17)16-8-10-4-2-3-5-11(10)18-12(13,14)15/h2-5,9,16-17H,6-8H2,1H3. The Bertz CT molecular complexity index is 369. The molecule has 0 aliphatic heterocycles.